The van der Waals surface area contributed by atoms with Gasteiger partial charge in [0.25, 0.3) is 16.0 Å². The van der Waals surface area contributed by atoms with Gasteiger partial charge in [0.15, 0.2) is 0 Å². The number of nitrogen functional groups attached to an aromatic ring is 1. The van der Waals surface area contributed by atoms with Gasteiger partial charge in [0.05, 0.1) is 18.5 Å². The van der Waals surface area contributed by atoms with Gasteiger partial charge in [-0.25, -0.2) is 0 Å². The minimum atomic E-state index is -4.56. The van der Waals surface area contributed by atoms with Gasteiger partial charge in [-0.15, -0.1) is 0 Å². The van der Waals surface area contributed by atoms with E-state index in [2.05, 4.69) is 5.32 Å². The van der Waals surface area contributed by atoms with Crippen LogP contribution in [0.4, 0.5) is 11.4 Å². The maximum atomic E-state index is 11.5. The number of rotatable bonds is 5. The predicted molar refractivity (Wildman–Crippen MR) is 71.1 cm³/mol. The lowest BCUT2D eigenvalue weighted by Crippen LogP contribution is -2.22. The molecule has 0 aliphatic carbocycles. The molecule has 0 radical (unpaired) electrons. The fourth-order valence-electron chi connectivity index (χ4n) is 1.42. The standard InChI is InChI=1S/C11H14N2O6S/c1-3-8(14)11(15)13-7-5-10(20(16,17)18)6(12)4-9(7)19-2/h4-5H,3,12H2,1-2H3,(H,13,15)(H,16,17,18). The van der Waals surface area contributed by atoms with Gasteiger partial charge < -0.3 is 15.8 Å². The second-order valence-electron chi connectivity index (χ2n) is 3.80. The Morgan fingerprint density at radius 1 is 1.40 bits per heavy atom. The van der Waals surface area contributed by atoms with Crippen LogP contribution < -0.4 is 15.8 Å². The molecule has 0 bridgehead atoms. The van der Waals surface area contributed by atoms with Crippen LogP contribution in [0.25, 0.3) is 0 Å². The minimum absolute atomic E-state index is 0.00568. The monoisotopic (exact) mass is 302 g/mol. The lowest BCUT2D eigenvalue weighted by molar-refractivity contribution is -0.134. The molecule has 0 aliphatic heterocycles. The van der Waals surface area contributed by atoms with Crippen molar-refractivity contribution in [3.63, 3.8) is 0 Å². The molecule has 1 aromatic carbocycles. The van der Waals surface area contributed by atoms with E-state index >= 15 is 0 Å². The van der Waals surface area contributed by atoms with E-state index in [4.69, 9.17) is 15.0 Å². The first kappa shape index (κ1) is 15.9. The number of ketones is 1. The molecule has 20 heavy (non-hydrogen) atoms. The van der Waals surface area contributed by atoms with Crippen molar-refractivity contribution < 1.29 is 27.3 Å². The zero-order chi connectivity index (χ0) is 15.5. The van der Waals surface area contributed by atoms with Crippen molar-refractivity contribution in [3.8, 4) is 5.75 Å². The average Bonchev–Trinajstić information content (AvgIpc) is 2.37. The Labute approximate surface area is 115 Å². The number of nitrogens with two attached hydrogens (primary N) is 1. The number of hydrogen-bond donors (Lipinski definition) is 3. The molecule has 1 rings (SSSR count). The molecule has 0 aliphatic rings. The average molecular weight is 302 g/mol. The van der Waals surface area contributed by atoms with Crippen molar-refractivity contribution in [2.75, 3.05) is 18.2 Å². The number of hydrogen-bond acceptors (Lipinski definition) is 6. The second kappa shape index (κ2) is 5.88. The number of amides is 1. The van der Waals surface area contributed by atoms with E-state index in [0.29, 0.717) is 0 Å². The van der Waals surface area contributed by atoms with Crippen LogP contribution in [0.2, 0.25) is 0 Å². The first-order valence-electron chi connectivity index (χ1n) is 5.49. The Balaban J connectivity index is 3.31. The van der Waals surface area contributed by atoms with E-state index in [-0.39, 0.29) is 23.5 Å². The summed E-state index contributed by atoms with van der Waals surface area (Å²) < 4.78 is 36.2. The minimum Gasteiger partial charge on any atom is -0.494 e. The van der Waals surface area contributed by atoms with Gasteiger partial charge in [-0.3, -0.25) is 14.1 Å². The van der Waals surface area contributed by atoms with Gasteiger partial charge >= 0.3 is 0 Å². The summed E-state index contributed by atoms with van der Waals surface area (Å²) in [7, 11) is -3.28. The van der Waals surface area contributed by atoms with Gasteiger partial charge in [-0.2, -0.15) is 8.42 Å². The van der Waals surface area contributed by atoms with E-state index in [0.717, 1.165) is 12.1 Å². The zero-order valence-corrected chi connectivity index (χ0v) is 11.7. The lowest BCUT2D eigenvalue weighted by Gasteiger charge is -2.12. The van der Waals surface area contributed by atoms with Crippen LogP contribution in [0.5, 0.6) is 5.75 Å². The lowest BCUT2D eigenvalue weighted by atomic mass is 10.2. The SMILES string of the molecule is CCC(=O)C(=O)Nc1cc(S(=O)(=O)O)c(N)cc1OC. The maximum absolute atomic E-state index is 11.5. The number of ether oxygens (including phenoxy) is 1. The fraction of sp³-hybridized carbons (Fsp3) is 0.273. The first-order valence-corrected chi connectivity index (χ1v) is 6.93. The van der Waals surface area contributed by atoms with Crippen LogP contribution in [0.15, 0.2) is 17.0 Å². The molecule has 0 fully saturated rings. The van der Waals surface area contributed by atoms with Crippen molar-refractivity contribution in [3.05, 3.63) is 12.1 Å². The molecule has 110 valence electrons. The van der Waals surface area contributed by atoms with Gasteiger partial charge in [-0.1, -0.05) is 6.92 Å². The molecule has 0 saturated heterocycles. The Hall–Kier alpha value is -2.13. The molecular weight excluding hydrogens is 288 g/mol. The molecule has 0 heterocycles. The molecule has 4 N–H and O–H groups in total. The maximum Gasteiger partial charge on any atom is 0.296 e. The third kappa shape index (κ3) is 3.45. The normalized spacial score (nSPS) is 10.9. The molecule has 1 amide bonds. The number of benzene rings is 1. The van der Waals surface area contributed by atoms with Crippen molar-refractivity contribution in [2.24, 2.45) is 0 Å². The third-order valence-electron chi connectivity index (χ3n) is 2.43. The number of methoxy groups -OCH3 is 1. The Morgan fingerprint density at radius 2 is 2.00 bits per heavy atom. The smallest absolute Gasteiger partial charge is 0.296 e. The largest absolute Gasteiger partial charge is 0.494 e. The molecule has 0 unspecified atom stereocenters. The summed E-state index contributed by atoms with van der Waals surface area (Å²) in [4.78, 5) is 22.1. The van der Waals surface area contributed by atoms with E-state index in [9.17, 15) is 18.0 Å². The number of carbonyl (C=O) groups is 2. The number of anilines is 2. The second-order valence-corrected chi connectivity index (χ2v) is 5.19. The van der Waals surface area contributed by atoms with E-state index < -0.39 is 26.7 Å². The number of nitrogens with one attached hydrogen (secondary N) is 1. The van der Waals surface area contributed by atoms with Crippen molar-refractivity contribution in [1.29, 1.82) is 0 Å². The number of Topliss-reactive ketones (excluding diaryl/α,β-unsaturated/α-hetero) is 1. The summed E-state index contributed by atoms with van der Waals surface area (Å²) in [5.41, 5.74) is 5.14. The fourth-order valence-corrected chi connectivity index (χ4v) is 2.04. The Kier molecular flexibility index (Phi) is 4.69. The first-order chi connectivity index (χ1) is 9.20. The van der Waals surface area contributed by atoms with Crippen LogP contribution in [-0.2, 0) is 19.7 Å². The molecule has 8 nitrogen and oxygen atoms in total. The predicted octanol–water partition coefficient (Wildman–Crippen LogP) is 0.442. The Bertz CT molecular complexity index is 653. The molecule has 0 aromatic heterocycles. The van der Waals surface area contributed by atoms with E-state index in [1.54, 1.807) is 0 Å². The van der Waals surface area contributed by atoms with Gasteiger partial charge in [0.1, 0.15) is 10.6 Å². The summed E-state index contributed by atoms with van der Waals surface area (Å²) in [5, 5.41) is 2.21. The highest BCUT2D eigenvalue weighted by atomic mass is 32.2. The van der Waals surface area contributed by atoms with Crippen LogP contribution in [0, 0.1) is 0 Å². The molecule has 1 aromatic rings. The van der Waals surface area contributed by atoms with Crippen LogP contribution in [-0.4, -0.2) is 31.8 Å². The molecule has 0 atom stereocenters. The van der Waals surface area contributed by atoms with Crippen molar-refractivity contribution in [1.82, 2.24) is 0 Å². The topological polar surface area (TPSA) is 136 Å². The quantitative estimate of drug-likeness (QED) is 0.408. The number of carbonyl (C=O) groups excluding carboxylic acids is 2. The molecule has 9 heteroatoms. The van der Waals surface area contributed by atoms with Gasteiger partial charge in [-0.05, 0) is 6.07 Å². The van der Waals surface area contributed by atoms with Gasteiger partial charge in [0, 0.05) is 12.5 Å². The molecular formula is C11H14N2O6S. The molecule has 0 spiro atoms. The highest BCUT2D eigenvalue weighted by Gasteiger charge is 2.20. The summed E-state index contributed by atoms with van der Waals surface area (Å²) in [6, 6.07) is 2.04. The summed E-state index contributed by atoms with van der Waals surface area (Å²) in [5.74, 6) is -1.54. The summed E-state index contributed by atoms with van der Waals surface area (Å²) in [6.07, 6.45) is -0.00568. The highest BCUT2D eigenvalue weighted by Crippen LogP contribution is 2.32. The van der Waals surface area contributed by atoms with E-state index in [1.165, 1.54) is 14.0 Å². The third-order valence-corrected chi connectivity index (χ3v) is 3.34. The van der Waals surface area contributed by atoms with E-state index in [1.807, 2.05) is 0 Å². The van der Waals surface area contributed by atoms with Crippen molar-refractivity contribution in [2.45, 2.75) is 18.2 Å². The Morgan fingerprint density at radius 3 is 2.45 bits per heavy atom. The zero-order valence-electron chi connectivity index (χ0n) is 10.8. The van der Waals surface area contributed by atoms with Crippen LogP contribution in [0.1, 0.15) is 13.3 Å². The highest BCUT2D eigenvalue weighted by molar-refractivity contribution is 7.86. The van der Waals surface area contributed by atoms with Crippen molar-refractivity contribution >= 4 is 33.2 Å². The molecule has 0 saturated carbocycles. The van der Waals surface area contributed by atoms with Crippen LogP contribution >= 0.6 is 0 Å². The summed E-state index contributed by atoms with van der Waals surface area (Å²) in [6.45, 7) is 1.51. The van der Waals surface area contributed by atoms with Gasteiger partial charge in [0.2, 0.25) is 5.78 Å². The van der Waals surface area contributed by atoms with Crippen LogP contribution in [0.3, 0.4) is 0 Å². The summed E-state index contributed by atoms with van der Waals surface area (Å²) >= 11 is 0.